The lowest BCUT2D eigenvalue weighted by molar-refractivity contribution is 0.156. The van der Waals surface area contributed by atoms with Gasteiger partial charge in [0, 0.05) is 12.2 Å². The molecule has 1 aliphatic heterocycles. The largest absolute Gasteiger partial charge is 0.353 e. The Balaban J connectivity index is 2.30. The Bertz CT molecular complexity index is 411. The van der Waals surface area contributed by atoms with Crippen LogP contribution in [0.5, 0.6) is 0 Å². The molecular weight excluding hydrogens is 216 g/mol. The van der Waals surface area contributed by atoms with Crippen LogP contribution >= 0.6 is 12.2 Å². The molecule has 2 rings (SSSR count). The molecule has 1 atom stereocenters. The van der Waals surface area contributed by atoms with E-state index in [0.29, 0.717) is 6.04 Å². The van der Waals surface area contributed by atoms with Gasteiger partial charge in [0.25, 0.3) is 0 Å². The van der Waals surface area contributed by atoms with Gasteiger partial charge in [-0.15, -0.1) is 0 Å². The molecule has 16 heavy (non-hydrogen) atoms. The molecule has 1 aliphatic rings. The summed E-state index contributed by atoms with van der Waals surface area (Å²) in [5.41, 5.74) is 2.75. The maximum absolute atomic E-state index is 5.15. The van der Waals surface area contributed by atoms with Crippen LogP contribution in [0.4, 0.5) is 0 Å². The third-order valence-corrected chi connectivity index (χ3v) is 3.79. The van der Waals surface area contributed by atoms with Gasteiger partial charge in [-0.3, -0.25) is 4.90 Å². The summed E-state index contributed by atoms with van der Waals surface area (Å²) >= 11 is 5.15. The Morgan fingerprint density at radius 3 is 3.00 bits per heavy atom. The van der Waals surface area contributed by atoms with Crippen LogP contribution in [0.2, 0.25) is 0 Å². The predicted molar refractivity (Wildman–Crippen MR) is 70.2 cm³/mol. The first-order chi connectivity index (χ1) is 7.72. The molecule has 1 aromatic rings. The predicted octanol–water partition coefficient (Wildman–Crippen LogP) is 3.60. The number of hydrogen-bond donors (Lipinski definition) is 1. The maximum Gasteiger partial charge on any atom is 0.103 e. The number of aryl methyl sites for hydroxylation is 1. The first-order valence-corrected chi connectivity index (χ1v) is 6.56. The molecule has 0 aliphatic carbocycles. The molecule has 0 unspecified atom stereocenters. The topological polar surface area (TPSA) is 19.0 Å². The van der Waals surface area contributed by atoms with Crippen molar-refractivity contribution >= 4 is 12.2 Å². The normalized spacial score (nSPS) is 22.2. The van der Waals surface area contributed by atoms with E-state index in [2.05, 4.69) is 36.0 Å². The van der Waals surface area contributed by atoms with Gasteiger partial charge in [0.2, 0.25) is 0 Å². The zero-order valence-corrected chi connectivity index (χ0v) is 10.9. The number of aromatic amines is 1. The molecule has 0 bridgehead atoms. The highest BCUT2D eigenvalue weighted by Crippen LogP contribution is 2.31. The Labute approximate surface area is 103 Å². The summed E-state index contributed by atoms with van der Waals surface area (Å²) < 4.78 is 0.833. The number of pyridine rings is 1. The number of nitrogens with one attached hydrogen (secondary N) is 1. The molecule has 0 radical (unpaired) electrons. The fourth-order valence-electron chi connectivity index (χ4n) is 2.67. The number of H-pyrrole nitrogens is 1. The number of nitrogens with zero attached hydrogens (tertiary/aromatic N) is 1. The van der Waals surface area contributed by atoms with Crippen LogP contribution in [0.15, 0.2) is 12.3 Å². The Hall–Kier alpha value is -0.670. The van der Waals surface area contributed by atoms with Crippen molar-refractivity contribution in [1.29, 1.82) is 0 Å². The van der Waals surface area contributed by atoms with Crippen LogP contribution < -0.4 is 0 Å². The van der Waals surface area contributed by atoms with E-state index in [1.54, 1.807) is 0 Å². The van der Waals surface area contributed by atoms with Gasteiger partial charge >= 0.3 is 0 Å². The van der Waals surface area contributed by atoms with E-state index in [0.717, 1.165) is 11.2 Å². The average molecular weight is 236 g/mol. The summed E-state index contributed by atoms with van der Waals surface area (Å²) in [5, 5.41) is 0. The average Bonchev–Trinajstić information content (AvgIpc) is 2.29. The lowest BCUT2D eigenvalue weighted by Gasteiger charge is -2.35. The van der Waals surface area contributed by atoms with Crippen molar-refractivity contribution < 1.29 is 0 Å². The molecule has 88 valence electrons. The summed E-state index contributed by atoms with van der Waals surface area (Å²) in [7, 11) is 0. The molecule has 0 amide bonds. The second-order valence-corrected chi connectivity index (χ2v) is 5.02. The number of likely N-dealkylation sites (tertiary alicyclic amines) is 1. The van der Waals surface area contributed by atoms with Crippen LogP contribution in [-0.4, -0.2) is 23.0 Å². The molecule has 2 nitrogen and oxygen atoms in total. The highest BCUT2D eigenvalue weighted by molar-refractivity contribution is 7.71. The molecule has 1 saturated heterocycles. The molecular formula is C13H20N2S. The minimum absolute atomic E-state index is 0.589. The molecule has 1 N–H and O–H groups in total. The zero-order valence-electron chi connectivity index (χ0n) is 10.1. The van der Waals surface area contributed by atoms with Gasteiger partial charge in [0.05, 0.1) is 0 Å². The van der Waals surface area contributed by atoms with E-state index in [1.165, 1.54) is 36.9 Å². The lowest BCUT2D eigenvalue weighted by atomic mass is 9.94. The molecule has 0 spiro atoms. The SMILES string of the molecule is CCN1CCCC[C@H]1c1c[nH]c(=S)cc1C. The third-order valence-electron chi connectivity index (χ3n) is 3.55. The lowest BCUT2D eigenvalue weighted by Crippen LogP contribution is -2.33. The maximum atomic E-state index is 5.15. The second kappa shape index (κ2) is 5.11. The van der Waals surface area contributed by atoms with E-state index >= 15 is 0 Å². The van der Waals surface area contributed by atoms with Crippen molar-refractivity contribution in [3.63, 3.8) is 0 Å². The summed E-state index contributed by atoms with van der Waals surface area (Å²) in [6.45, 7) is 6.79. The van der Waals surface area contributed by atoms with Gasteiger partial charge in [-0.05, 0) is 50.0 Å². The van der Waals surface area contributed by atoms with Crippen LogP contribution in [0.1, 0.15) is 43.4 Å². The minimum atomic E-state index is 0.589. The van der Waals surface area contributed by atoms with Crippen LogP contribution in [0.25, 0.3) is 0 Å². The number of rotatable bonds is 2. The summed E-state index contributed by atoms with van der Waals surface area (Å²) in [6.07, 6.45) is 6.07. The molecule has 3 heteroatoms. The fraction of sp³-hybridized carbons (Fsp3) is 0.615. The fourth-order valence-corrected chi connectivity index (χ4v) is 2.90. The summed E-state index contributed by atoms with van der Waals surface area (Å²) in [5.74, 6) is 0. The van der Waals surface area contributed by atoms with Crippen molar-refractivity contribution in [2.75, 3.05) is 13.1 Å². The van der Waals surface area contributed by atoms with E-state index < -0.39 is 0 Å². The van der Waals surface area contributed by atoms with Gasteiger partial charge in [-0.25, -0.2) is 0 Å². The Morgan fingerprint density at radius 2 is 2.31 bits per heavy atom. The minimum Gasteiger partial charge on any atom is -0.353 e. The van der Waals surface area contributed by atoms with E-state index in [-0.39, 0.29) is 0 Å². The van der Waals surface area contributed by atoms with Gasteiger partial charge in [-0.1, -0.05) is 25.6 Å². The zero-order chi connectivity index (χ0) is 11.5. The van der Waals surface area contributed by atoms with Crippen LogP contribution in [0, 0.1) is 11.6 Å². The molecule has 0 aromatic carbocycles. The first-order valence-electron chi connectivity index (χ1n) is 6.15. The smallest absolute Gasteiger partial charge is 0.103 e. The summed E-state index contributed by atoms with van der Waals surface area (Å²) in [4.78, 5) is 5.74. The van der Waals surface area contributed by atoms with Crippen molar-refractivity contribution in [2.45, 2.75) is 39.2 Å². The monoisotopic (exact) mass is 236 g/mol. The molecule has 1 fully saturated rings. The van der Waals surface area contributed by atoms with E-state index in [9.17, 15) is 0 Å². The second-order valence-electron chi connectivity index (χ2n) is 4.58. The quantitative estimate of drug-likeness (QED) is 0.791. The molecule has 1 aromatic heterocycles. The van der Waals surface area contributed by atoms with Gasteiger partial charge < -0.3 is 4.98 Å². The first kappa shape index (κ1) is 11.8. The van der Waals surface area contributed by atoms with Crippen molar-refractivity contribution in [3.05, 3.63) is 28.0 Å². The number of aromatic nitrogens is 1. The Morgan fingerprint density at radius 1 is 1.50 bits per heavy atom. The number of hydrogen-bond acceptors (Lipinski definition) is 2. The molecule has 2 heterocycles. The summed E-state index contributed by atoms with van der Waals surface area (Å²) in [6, 6.07) is 2.67. The van der Waals surface area contributed by atoms with E-state index in [4.69, 9.17) is 12.2 Å². The molecule has 0 saturated carbocycles. The van der Waals surface area contributed by atoms with Gasteiger partial charge in [-0.2, -0.15) is 0 Å². The van der Waals surface area contributed by atoms with Crippen molar-refractivity contribution in [1.82, 2.24) is 9.88 Å². The number of piperidine rings is 1. The third kappa shape index (κ3) is 2.36. The van der Waals surface area contributed by atoms with Crippen molar-refractivity contribution in [3.8, 4) is 0 Å². The standard InChI is InChI=1S/C13H20N2S/c1-3-15-7-5-4-6-12(15)11-9-14-13(16)8-10(11)2/h8-9,12H,3-7H2,1-2H3,(H,14,16)/t12-/m0/s1. The van der Waals surface area contributed by atoms with Crippen molar-refractivity contribution in [2.24, 2.45) is 0 Å². The van der Waals surface area contributed by atoms with E-state index in [1.807, 2.05) is 0 Å². The van der Waals surface area contributed by atoms with Gasteiger partial charge in [0.15, 0.2) is 0 Å². The Kier molecular flexibility index (Phi) is 3.77. The van der Waals surface area contributed by atoms with Crippen LogP contribution in [0.3, 0.4) is 0 Å². The van der Waals surface area contributed by atoms with Gasteiger partial charge in [0.1, 0.15) is 4.64 Å². The highest BCUT2D eigenvalue weighted by Gasteiger charge is 2.23. The van der Waals surface area contributed by atoms with Crippen LogP contribution in [-0.2, 0) is 0 Å². The highest BCUT2D eigenvalue weighted by atomic mass is 32.1.